The van der Waals surface area contributed by atoms with Crippen molar-refractivity contribution in [2.45, 2.75) is 51.9 Å². The number of rotatable bonds is 4. The summed E-state index contributed by atoms with van der Waals surface area (Å²) >= 11 is 0. The summed E-state index contributed by atoms with van der Waals surface area (Å²) in [4.78, 5) is 16.4. The number of esters is 1. The Balaban J connectivity index is 1.48. The van der Waals surface area contributed by atoms with Crippen molar-refractivity contribution in [2.75, 3.05) is 0 Å². The molecule has 1 saturated carbocycles. The van der Waals surface area contributed by atoms with Gasteiger partial charge in [0.25, 0.3) is 0 Å². The Kier molecular flexibility index (Phi) is 4.97. The first-order valence-electron chi connectivity index (χ1n) is 9.81. The van der Waals surface area contributed by atoms with Crippen molar-refractivity contribution in [3.05, 3.63) is 64.7 Å². The molecule has 27 heavy (non-hydrogen) atoms. The van der Waals surface area contributed by atoms with Gasteiger partial charge in [0.05, 0.1) is 0 Å². The molecule has 0 amide bonds. The van der Waals surface area contributed by atoms with Gasteiger partial charge in [-0.05, 0) is 74.3 Å². The van der Waals surface area contributed by atoms with Gasteiger partial charge in [0, 0.05) is 11.6 Å². The van der Waals surface area contributed by atoms with Crippen LogP contribution in [-0.4, -0.2) is 11.9 Å². The molecule has 1 aromatic carbocycles. The molecule has 2 heterocycles. The maximum Gasteiger partial charge on any atom is 0.363 e. The predicted octanol–water partition coefficient (Wildman–Crippen LogP) is 5.62. The number of carbonyl (C=O) groups is 1. The van der Waals surface area contributed by atoms with Crippen LogP contribution in [0.3, 0.4) is 0 Å². The SMILES string of the molecule is CCC1CCC(c2ccc(C3=NC(=Cc4ccc(C)o4)C(=O)O3)cc2)CC1. The molecule has 4 heteroatoms. The third kappa shape index (κ3) is 3.90. The van der Waals surface area contributed by atoms with Gasteiger partial charge in [-0.3, -0.25) is 0 Å². The highest BCUT2D eigenvalue weighted by Crippen LogP contribution is 2.37. The molecule has 2 aromatic rings. The summed E-state index contributed by atoms with van der Waals surface area (Å²) in [6, 6.07) is 12.0. The van der Waals surface area contributed by atoms with Crippen LogP contribution in [0.5, 0.6) is 0 Å². The van der Waals surface area contributed by atoms with Crippen molar-refractivity contribution in [3.63, 3.8) is 0 Å². The molecule has 0 saturated heterocycles. The fourth-order valence-corrected chi connectivity index (χ4v) is 4.00. The molecule has 0 bridgehead atoms. The number of nitrogens with zero attached hydrogens (tertiary/aromatic N) is 1. The summed E-state index contributed by atoms with van der Waals surface area (Å²) in [5.74, 6) is 2.85. The Morgan fingerprint density at radius 3 is 2.44 bits per heavy atom. The summed E-state index contributed by atoms with van der Waals surface area (Å²) in [5.41, 5.74) is 2.47. The van der Waals surface area contributed by atoms with Gasteiger partial charge < -0.3 is 9.15 Å². The number of ether oxygens (including phenoxy) is 1. The zero-order valence-electron chi connectivity index (χ0n) is 15.9. The molecular formula is C23H25NO3. The lowest BCUT2D eigenvalue weighted by Gasteiger charge is -2.28. The Morgan fingerprint density at radius 1 is 1.07 bits per heavy atom. The lowest BCUT2D eigenvalue weighted by atomic mass is 9.78. The van der Waals surface area contributed by atoms with Crippen molar-refractivity contribution in [3.8, 4) is 0 Å². The minimum Gasteiger partial charge on any atom is -0.462 e. The highest BCUT2D eigenvalue weighted by molar-refractivity contribution is 6.12. The van der Waals surface area contributed by atoms with Gasteiger partial charge in [0.1, 0.15) is 11.5 Å². The quantitative estimate of drug-likeness (QED) is 0.523. The number of benzene rings is 1. The van der Waals surface area contributed by atoms with Gasteiger partial charge in [-0.15, -0.1) is 0 Å². The molecule has 0 spiro atoms. The molecule has 1 aliphatic heterocycles. The lowest BCUT2D eigenvalue weighted by molar-refractivity contribution is -0.129. The maximum absolute atomic E-state index is 12.1. The van der Waals surface area contributed by atoms with Gasteiger partial charge in [0.15, 0.2) is 5.70 Å². The first-order chi connectivity index (χ1) is 13.1. The van der Waals surface area contributed by atoms with Crippen molar-refractivity contribution < 1.29 is 13.9 Å². The minimum absolute atomic E-state index is 0.265. The number of hydrogen-bond donors (Lipinski definition) is 0. The number of cyclic esters (lactones) is 1. The number of carbonyl (C=O) groups excluding carboxylic acids is 1. The summed E-state index contributed by atoms with van der Waals surface area (Å²) in [6.07, 6.45) is 8.10. The van der Waals surface area contributed by atoms with E-state index in [1.54, 1.807) is 6.08 Å². The standard InChI is InChI=1S/C23H25NO3/c1-3-16-5-7-17(8-6-16)18-9-11-19(12-10-18)22-24-21(23(25)27-22)14-20-13-4-15(2)26-20/h4,9-14,16-17H,3,5-8H2,1-2H3. The van der Waals surface area contributed by atoms with Crippen LogP contribution in [0.2, 0.25) is 0 Å². The van der Waals surface area contributed by atoms with Crippen LogP contribution < -0.4 is 0 Å². The van der Waals surface area contributed by atoms with Gasteiger partial charge in [-0.2, -0.15) is 0 Å². The zero-order chi connectivity index (χ0) is 18.8. The lowest BCUT2D eigenvalue weighted by Crippen LogP contribution is -2.13. The molecule has 1 aromatic heterocycles. The average Bonchev–Trinajstić information content (AvgIpc) is 3.28. The molecule has 4 rings (SSSR count). The fourth-order valence-electron chi connectivity index (χ4n) is 4.00. The Bertz CT molecular complexity index is 881. The summed E-state index contributed by atoms with van der Waals surface area (Å²) in [7, 11) is 0. The predicted molar refractivity (Wildman–Crippen MR) is 105 cm³/mol. The monoisotopic (exact) mass is 363 g/mol. The molecule has 1 fully saturated rings. The second-order valence-electron chi connectivity index (χ2n) is 7.53. The van der Waals surface area contributed by atoms with Crippen LogP contribution in [0.15, 0.2) is 51.5 Å². The van der Waals surface area contributed by atoms with Gasteiger partial charge in [-0.1, -0.05) is 25.5 Å². The molecule has 0 atom stereocenters. The number of furan rings is 1. The third-order valence-electron chi connectivity index (χ3n) is 5.71. The first-order valence-corrected chi connectivity index (χ1v) is 9.81. The fraction of sp³-hybridized carbons (Fsp3) is 0.391. The van der Waals surface area contributed by atoms with E-state index in [0.29, 0.717) is 17.6 Å². The number of aliphatic imine (C=N–C) groups is 1. The molecule has 140 valence electrons. The van der Waals surface area contributed by atoms with Gasteiger partial charge >= 0.3 is 5.97 Å². The minimum atomic E-state index is -0.444. The highest BCUT2D eigenvalue weighted by atomic mass is 16.6. The van der Waals surface area contributed by atoms with E-state index in [1.807, 2.05) is 31.2 Å². The summed E-state index contributed by atoms with van der Waals surface area (Å²) in [6.45, 7) is 4.15. The van der Waals surface area contributed by atoms with Crippen LogP contribution in [0.1, 0.15) is 67.6 Å². The van der Waals surface area contributed by atoms with Crippen molar-refractivity contribution in [1.29, 1.82) is 0 Å². The second-order valence-corrected chi connectivity index (χ2v) is 7.53. The Labute approximate surface area is 159 Å². The maximum atomic E-state index is 12.1. The molecule has 2 aliphatic rings. The van der Waals surface area contributed by atoms with Crippen LogP contribution in [0.25, 0.3) is 6.08 Å². The molecule has 1 aliphatic carbocycles. The Hall–Kier alpha value is -2.62. The van der Waals surface area contributed by atoms with E-state index < -0.39 is 5.97 Å². The third-order valence-corrected chi connectivity index (χ3v) is 5.71. The molecule has 0 unspecified atom stereocenters. The van der Waals surface area contributed by atoms with E-state index >= 15 is 0 Å². The van der Waals surface area contributed by atoms with Crippen LogP contribution in [-0.2, 0) is 9.53 Å². The van der Waals surface area contributed by atoms with E-state index in [1.165, 1.54) is 37.7 Å². The zero-order valence-corrected chi connectivity index (χ0v) is 15.9. The first kappa shape index (κ1) is 17.8. The van der Waals surface area contributed by atoms with E-state index in [2.05, 4.69) is 24.0 Å². The van der Waals surface area contributed by atoms with Crippen LogP contribution in [0, 0.1) is 12.8 Å². The van der Waals surface area contributed by atoms with Crippen molar-refractivity contribution in [1.82, 2.24) is 0 Å². The summed E-state index contributed by atoms with van der Waals surface area (Å²) in [5, 5.41) is 0. The molecule has 0 radical (unpaired) electrons. The molecule has 4 nitrogen and oxygen atoms in total. The van der Waals surface area contributed by atoms with Crippen molar-refractivity contribution >= 4 is 17.9 Å². The average molecular weight is 363 g/mol. The normalized spacial score (nSPS) is 24.1. The largest absolute Gasteiger partial charge is 0.462 e. The topological polar surface area (TPSA) is 51.8 Å². The number of hydrogen-bond acceptors (Lipinski definition) is 4. The van der Waals surface area contributed by atoms with Crippen LogP contribution >= 0.6 is 0 Å². The van der Waals surface area contributed by atoms with Gasteiger partial charge in [-0.25, -0.2) is 9.79 Å². The summed E-state index contributed by atoms with van der Waals surface area (Å²) < 4.78 is 10.8. The van der Waals surface area contributed by atoms with E-state index in [9.17, 15) is 4.79 Å². The smallest absolute Gasteiger partial charge is 0.363 e. The van der Waals surface area contributed by atoms with Crippen molar-refractivity contribution in [2.24, 2.45) is 10.9 Å². The Morgan fingerprint density at radius 2 is 1.81 bits per heavy atom. The number of aryl methyl sites for hydroxylation is 1. The van der Waals surface area contributed by atoms with Crippen LogP contribution in [0.4, 0.5) is 0 Å². The van der Waals surface area contributed by atoms with Gasteiger partial charge in [0.2, 0.25) is 5.90 Å². The van der Waals surface area contributed by atoms with E-state index in [0.717, 1.165) is 17.2 Å². The second kappa shape index (κ2) is 7.55. The molecular weight excluding hydrogens is 338 g/mol. The van der Waals surface area contributed by atoms with E-state index in [4.69, 9.17) is 9.15 Å². The molecule has 0 N–H and O–H groups in total. The highest BCUT2D eigenvalue weighted by Gasteiger charge is 2.25. The van der Waals surface area contributed by atoms with E-state index in [-0.39, 0.29) is 5.70 Å².